The standard InChI is InChI=1S/C15H14ClN3O2S/c1-3-6-19-14(21)11(13(20)18-15(19)22)8-17-10-5-4-9(2)12(16)7-10/h3-5,7-8,21H,1,6H2,2H3,(H,18,20,22). The van der Waals surface area contributed by atoms with E-state index in [2.05, 4.69) is 16.6 Å². The molecular weight excluding hydrogens is 322 g/mol. The van der Waals surface area contributed by atoms with Crippen LogP contribution in [0.3, 0.4) is 0 Å². The zero-order chi connectivity index (χ0) is 16.3. The minimum Gasteiger partial charge on any atom is -0.494 e. The number of hydrogen-bond donors (Lipinski definition) is 2. The van der Waals surface area contributed by atoms with Crippen molar-refractivity contribution in [1.29, 1.82) is 0 Å². The summed E-state index contributed by atoms with van der Waals surface area (Å²) >= 11 is 11.0. The van der Waals surface area contributed by atoms with Gasteiger partial charge in [-0.2, -0.15) is 0 Å². The minimum atomic E-state index is -0.509. The van der Waals surface area contributed by atoms with Crippen LogP contribution in [0.2, 0.25) is 5.02 Å². The van der Waals surface area contributed by atoms with Gasteiger partial charge in [0.15, 0.2) is 4.77 Å². The van der Waals surface area contributed by atoms with Crippen molar-refractivity contribution in [3.05, 3.63) is 62.1 Å². The van der Waals surface area contributed by atoms with Gasteiger partial charge >= 0.3 is 0 Å². The quantitative estimate of drug-likeness (QED) is 0.510. The molecule has 5 nitrogen and oxygen atoms in total. The van der Waals surface area contributed by atoms with Gasteiger partial charge in [-0.15, -0.1) is 6.58 Å². The molecular formula is C15H14ClN3O2S. The van der Waals surface area contributed by atoms with E-state index >= 15 is 0 Å². The molecule has 2 aromatic rings. The predicted molar refractivity (Wildman–Crippen MR) is 91.2 cm³/mol. The van der Waals surface area contributed by atoms with Gasteiger partial charge in [0, 0.05) is 17.8 Å². The lowest BCUT2D eigenvalue weighted by Crippen LogP contribution is -2.18. The molecule has 1 aromatic carbocycles. The molecule has 0 aliphatic carbocycles. The van der Waals surface area contributed by atoms with Crippen LogP contribution in [0.1, 0.15) is 11.1 Å². The Morgan fingerprint density at radius 1 is 1.55 bits per heavy atom. The van der Waals surface area contributed by atoms with Crippen molar-refractivity contribution in [2.75, 3.05) is 0 Å². The molecule has 0 bridgehead atoms. The molecule has 0 aliphatic heterocycles. The van der Waals surface area contributed by atoms with Gasteiger partial charge in [-0.25, -0.2) is 0 Å². The van der Waals surface area contributed by atoms with Crippen molar-refractivity contribution < 1.29 is 5.11 Å². The van der Waals surface area contributed by atoms with Crippen LogP contribution >= 0.6 is 23.8 Å². The van der Waals surface area contributed by atoms with Crippen molar-refractivity contribution >= 4 is 35.7 Å². The largest absolute Gasteiger partial charge is 0.494 e. The Hall–Kier alpha value is -2.18. The second kappa shape index (κ2) is 6.72. The molecule has 0 fully saturated rings. The number of aryl methyl sites for hydroxylation is 1. The zero-order valence-electron chi connectivity index (χ0n) is 11.8. The van der Waals surface area contributed by atoms with Crippen LogP contribution in [-0.4, -0.2) is 20.9 Å². The van der Waals surface area contributed by atoms with Gasteiger partial charge in [-0.05, 0) is 36.8 Å². The van der Waals surface area contributed by atoms with E-state index in [1.54, 1.807) is 18.2 Å². The molecule has 0 aliphatic rings. The van der Waals surface area contributed by atoms with E-state index in [-0.39, 0.29) is 22.8 Å². The first-order valence-electron chi connectivity index (χ1n) is 6.41. The van der Waals surface area contributed by atoms with Gasteiger partial charge in [0.1, 0.15) is 5.56 Å². The highest BCUT2D eigenvalue weighted by Gasteiger charge is 2.10. The Morgan fingerprint density at radius 3 is 2.91 bits per heavy atom. The fourth-order valence-electron chi connectivity index (χ4n) is 1.79. The zero-order valence-corrected chi connectivity index (χ0v) is 13.4. The third-order valence-electron chi connectivity index (χ3n) is 3.02. The fraction of sp³-hybridized carbons (Fsp3) is 0.133. The highest BCUT2D eigenvalue weighted by molar-refractivity contribution is 7.71. The van der Waals surface area contributed by atoms with E-state index in [0.29, 0.717) is 10.7 Å². The summed E-state index contributed by atoms with van der Waals surface area (Å²) in [6.45, 7) is 5.74. The van der Waals surface area contributed by atoms with Crippen LogP contribution in [0, 0.1) is 11.7 Å². The molecule has 0 radical (unpaired) electrons. The summed E-state index contributed by atoms with van der Waals surface area (Å²) in [5.41, 5.74) is 1.02. The highest BCUT2D eigenvalue weighted by atomic mass is 35.5. The smallest absolute Gasteiger partial charge is 0.264 e. The second-order valence-corrected chi connectivity index (χ2v) is 5.38. The van der Waals surface area contributed by atoms with E-state index in [4.69, 9.17) is 23.8 Å². The molecule has 0 saturated heterocycles. The molecule has 0 spiro atoms. The molecule has 114 valence electrons. The lowest BCUT2D eigenvalue weighted by atomic mass is 10.2. The maximum absolute atomic E-state index is 11.9. The van der Waals surface area contributed by atoms with E-state index in [9.17, 15) is 9.90 Å². The van der Waals surface area contributed by atoms with Crippen molar-refractivity contribution in [2.24, 2.45) is 4.99 Å². The number of benzene rings is 1. The van der Waals surface area contributed by atoms with Crippen LogP contribution in [0.25, 0.3) is 0 Å². The first kappa shape index (κ1) is 16.2. The minimum absolute atomic E-state index is 0.0205. The van der Waals surface area contributed by atoms with Crippen LogP contribution in [0.15, 0.2) is 40.6 Å². The Labute approximate surface area is 137 Å². The number of H-pyrrole nitrogens is 1. The van der Waals surface area contributed by atoms with Crippen LogP contribution in [-0.2, 0) is 6.54 Å². The predicted octanol–water partition coefficient (Wildman–Crippen LogP) is 3.51. The van der Waals surface area contributed by atoms with E-state index in [1.165, 1.54) is 10.8 Å². The van der Waals surface area contributed by atoms with Crippen molar-refractivity contribution in [1.82, 2.24) is 9.55 Å². The fourth-order valence-corrected chi connectivity index (χ4v) is 2.22. The summed E-state index contributed by atoms with van der Waals surface area (Å²) in [5, 5.41) is 10.7. The summed E-state index contributed by atoms with van der Waals surface area (Å²) in [6.07, 6.45) is 2.85. The number of halogens is 1. The Kier molecular flexibility index (Phi) is 4.95. The van der Waals surface area contributed by atoms with Gasteiger partial charge < -0.3 is 5.11 Å². The van der Waals surface area contributed by atoms with E-state index in [1.807, 2.05) is 13.0 Å². The first-order valence-corrected chi connectivity index (χ1v) is 7.20. The molecule has 0 amide bonds. The number of aliphatic imine (C=N–C) groups is 1. The molecule has 2 N–H and O–H groups in total. The molecule has 1 heterocycles. The third kappa shape index (κ3) is 3.35. The maximum atomic E-state index is 11.9. The number of aromatic nitrogens is 2. The third-order valence-corrected chi connectivity index (χ3v) is 3.75. The van der Waals surface area contributed by atoms with Gasteiger partial charge in [0.2, 0.25) is 5.88 Å². The maximum Gasteiger partial charge on any atom is 0.264 e. The molecule has 1 aromatic heterocycles. The molecule has 22 heavy (non-hydrogen) atoms. The molecule has 7 heteroatoms. The summed E-state index contributed by atoms with van der Waals surface area (Å²) in [5.74, 6) is -0.254. The van der Waals surface area contributed by atoms with Crippen molar-refractivity contribution in [3.8, 4) is 5.88 Å². The van der Waals surface area contributed by atoms with Crippen molar-refractivity contribution in [3.63, 3.8) is 0 Å². The lowest BCUT2D eigenvalue weighted by molar-refractivity contribution is 0.413. The SMILES string of the molecule is C=CCn1c(O)c(C=Nc2ccc(C)c(Cl)c2)c(=O)[nH]c1=S. The first-order chi connectivity index (χ1) is 10.4. The van der Waals surface area contributed by atoms with E-state index in [0.717, 1.165) is 5.56 Å². The summed E-state index contributed by atoms with van der Waals surface area (Å²) < 4.78 is 1.48. The second-order valence-electron chi connectivity index (χ2n) is 4.59. The van der Waals surface area contributed by atoms with E-state index < -0.39 is 5.56 Å². The molecule has 0 atom stereocenters. The van der Waals surface area contributed by atoms with Crippen LogP contribution < -0.4 is 5.56 Å². The number of hydrogen-bond acceptors (Lipinski definition) is 4. The van der Waals surface area contributed by atoms with Gasteiger partial charge in [-0.1, -0.05) is 23.7 Å². The average Bonchev–Trinajstić information content (AvgIpc) is 2.46. The monoisotopic (exact) mass is 335 g/mol. The topological polar surface area (TPSA) is 70.4 Å². The molecule has 0 saturated carbocycles. The average molecular weight is 336 g/mol. The Balaban J connectivity index is 2.48. The lowest BCUT2D eigenvalue weighted by Gasteiger charge is -2.08. The number of rotatable bonds is 4. The summed E-state index contributed by atoms with van der Waals surface area (Å²) in [7, 11) is 0. The Bertz CT molecular complexity index is 868. The Morgan fingerprint density at radius 2 is 2.27 bits per heavy atom. The van der Waals surface area contributed by atoms with Gasteiger partial charge in [0.05, 0.1) is 5.69 Å². The molecule has 0 unspecified atom stereocenters. The number of nitrogens with one attached hydrogen (secondary N) is 1. The number of aromatic hydroxyl groups is 1. The van der Waals surface area contributed by atoms with Gasteiger partial charge in [0.25, 0.3) is 5.56 Å². The summed E-state index contributed by atoms with van der Waals surface area (Å²) in [4.78, 5) is 18.6. The summed E-state index contributed by atoms with van der Waals surface area (Å²) in [6, 6.07) is 5.27. The van der Waals surface area contributed by atoms with Gasteiger partial charge in [-0.3, -0.25) is 19.3 Å². The number of aromatic amines is 1. The molecule has 2 rings (SSSR count). The number of nitrogens with zero attached hydrogens (tertiary/aromatic N) is 2. The highest BCUT2D eigenvalue weighted by Crippen LogP contribution is 2.22. The van der Waals surface area contributed by atoms with Crippen LogP contribution in [0.5, 0.6) is 5.88 Å². The van der Waals surface area contributed by atoms with Crippen LogP contribution in [0.4, 0.5) is 5.69 Å². The normalized spacial score (nSPS) is 11.0. The number of allylic oxidation sites excluding steroid dienone is 1. The van der Waals surface area contributed by atoms with Crippen molar-refractivity contribution in [2.45, 2.75) is 13.5 Å².